The van der Waals surface area contributed by atoms with Gasteiger partial charge in [0.2, 0.25) is 0 Å². The summed E-state index contributed by atoms with van der Waals surface area (Å²) in [7, 11) is 3.85. The third kappa shape index (κ3) is 6.78. The number of amidine groups is 1. The van der Waals surface area contributed by atoms with Gasteiger partial charge < -0.3 is 26.3 Å². The number of rotatable bonds is 8. The number of aliphatic hydroxyl groups is 1. The quantitative estimate of drug-likeness (QED) is 0.163. The molecule has 0 aliphatic rings. The summed E-state index contributed by atoms with van der Waals surface area (Å²) >= 11 is 0. The first-order chi connectivity index (χ1) is 8.10. The van der Waals surface area contributed by atoms with Crippen LogP contribution >= 0.6 is 0 Å². The molecule has 0 aromatic carbocycles. The molecule has 6 nitrogen and oxygen atoms in total. The van der Waals surface area contributed by atoms with Crippen LogP contribution in [-0.4, -0.2) is 60.4 Å². The molecule has 0 heterocycles. The molecule has 0 spiro atoms. The average molecular weight is 260 g/mol. The molecule has 0 fully saturated rings. The average Bonchev–Trinajstić information content (AvgIpc) is 2.21. The fourth-order valence-electron chi connectivity index (χ4n) is 1.76. The van der Waals surface area contributed by atoms with Crippen LogP contribution in [0.1, 0.15) is 27.2 Å². The Morgan fingerprint density at radius 3 is 2.33 bits per heavy atom. The topological polar surface area (TPSA) is 94.1 Å². The molecule has 108 valence electrons. The molecule has 0 amide bonds. The highest BCUT2D eigenvalue weighted by Crippen LogP contribution is 2.19. The number of nitrogens with two attached hydrogens (primary N) is 1. The fourth-order valence-corrected chi connectivity index (χ4v) is 1.76. The lowest BCUT2D eigenvalue weighted by atomic mass is 9.88. The summed E-state index contributed by atoms with van der Waals surface area (Å²) in [6.45, 7) is 7.45. The number of likely N-dealkylation sites (N-methyl/N-ethyl adjacent to an activating group) is 1. The second-order valence-electron chi connectivity index (χ2n) is 6.03. The van der Waals surface area contributed by atoms with E-state index in [0.717, 1.165) is 6.42 Å². The van der Waals surface area contributed by atoms with Gasteiger partial charge in [-0.3, -0.25) is 0 Å². The van der Waals surface area contributed by atoms with Gasteiger partial charge in [0.25, 0.3) is 0 Å². The first-order valence-electron chi connectivity index (χ1n) is 6.16. The van der Waals surface area contributed by atoms with E-state index in [-0.39, 0.29) is 11.3 Å². The second-order valence-corrected chi connectivity index (χ2v) is 6.03. The van der Waals surface area contributed by atoms with Crippen LogP contribution in [0.25, 0.3) is 0 Å². The van der Waals surface area contributed by atoms with E-state index in [1.807, 2.05) is 32.8 Å². The van der Waals surface area contributed by atoms with Crippen LogP contribution in [-0.2, 0) is 0 Å². The highest BCUT2D eigenvalue weighted by molar-refractivity contribution is 5.85. The van der Waals surface area contributed by atoms with E-state index in [2.05, 4.69) is 10.5 Å². The maximum absolute atomic E-state index is 10.1. The Bertz CT molecular complexity index is 275. The van der Waals surface area contributed by atoms with Crippen LogP contribution in [0.15, 0.2) is 5.16 Å². The summed E-state index contributed by atoms with van der Waals surface area (Å²) in [5, 5.41) is 25.0. The summed E-state index contributed by atoms with van der Waals surface area (Å²) < 4.78 is 0. The lowest BCUT2D eigenvalue weighted by molar-refractivity contribution is 0.0336. The monoisotopic (exact) mass is 260 g/mol. The Kier molecular flexibility index (Phi) is 6.59. The van der Waals surface area contributed by atoms with E-state index in [1.165, 1.54) is 0 Å². The van der Waals surface area contributed by atoms with Gasteiger partial charge in [0, 0.05) is 18.5 Å². The first kappa shape index (κ1) is 17.2. The predicted octanol–water partition coefficient (Wildman–Crippen LogP) is 0.0513. The standard InChI is InChI=1S/C12H28N4O2/c1-11(2,10(13)15-18)6-7-14-8-12(3,17)9-16(4)5/h14,17-18H,6-9H2,1-5H3,(H2,13,15). The molecule has 1 unspecified atom stereocenters. The Balaban J connectivity index is 4.00. The van der Waals surface area contributed by atoms with Gasteiger partial charge in [-0.25, -0.2) is 0 Å². The van der Waals surface area contributed by atoms with E-state index in [0.29, 0.717) is 19.6 Å². The SMILES string of the molecule is CN(C)CC(C)(O)CNCCC(C)(C)C(N)=NO. The van der Waals surface area contributed by atoms with Gasteiger partial charge in [0.05, 0.1) is 5.60 Å². The molecular formula is C12H28N4O2. The zero-order valence-corrected chi connectivity index (χ0v) is 12.2. The minimum atomic E-state index is -0.760. The third-order valence-electron chi connectivity index (χ3n) is 2.89. The van der Waals surface area contributed by atoms with Gasteiger partial charge >= 0.3 is 0 Å². The van der Waals surface area contributed by atoms with E-state index in [4.69, 9.17) is 10.9 Å². The van der Waals surface area contributed by atoms with Crippen molar-refractivity contribution >= 4 is 5.84 Å². The zero-order chi connectivity index (χ0) is 14.4. The Morgan fingerprint density at radius 2 is 1.89 bits per heavy atom. The van der Waals surface area contributed by atoms with Gasteiger partial charge in [-0.15, -0.1) is 0 Å². The van der Waals surface area contributed by atoms with Gasteiger partial charge in [0.15, 0.2) is 0 Å². The smallest absolute Gasteiger partial charge is 0.144 e. The van der Waals surface area contributed by atoms with E-state index in [1.54, 1.807) is 6.92 Å². The zero-order valence-electron chi connectivity index (χ0n) is 12.2. The lowest BCUT2D eigenvalue weighted by Gasteiger charge is -2.28. The molecule has 0 saturated carbocycles. The van der Waals surface area contributed by atoms with Crippen LogP contribution in [0, 0.1) is 5.41 Å². The van der Waals surface area contributed by atoms with Gasteiger partial charge in [-0.2, -0.15) is 0 Å². The molecule has 6 heteroatoms. The van der Waals surface area contributed by atoms with E-state index >= 15 is 0 Å². The summed E-state index contributed by atoms with van der Waals surface area (Å²) in [4.78, 5) is 1.95. The molecule has 0 aromatic rings. The van der Waals surface area contributed by atoms with Gasteiger partial charge in [-0.1, -0.05) is 19.0 Å². The van der Waals surface area contributed by atoms with Gasteiger partial charge in [0.1, 0.15) is 5.84 Å². The molecule has 1 atom stereocenters. The Hall–Kier alpha value is -0.850. The molecule has 18 heavy (non-hydrogen) atoms. The Morgan fingerprint density at radius 1 is 1.33 bits per heavy atom. The molecule has 0 rings (SSSR count). The molecule has 0 saturated heterocycles. The number of hydrogen-bond donors (Lipinski definition) is 4. The maximum Gasteiger partial charge on any atom is 0.144 e. The minimum Gasteiger partial charge on any atom is -0.409 e. The van der Waals surface area contributed by atoms with Crippen molar-refractivity contribution in [2.75, 3.05) is 33.7 Å². The predicted molar refractivity (Wildman–Crippen MR) is 73.9 cm³/mol. The lowest BCUT2D eigenvalue weighted by Crippen LogP contribution is -2.46. The largest absolute Gasteiger partial charge is 0.409 e. The summed E-state index contributed by atoms with van der Waals surface area (Å²) in [6.07, 6.45) is 0.737. The van der Waals surface area contributed by atoms with Crippen LogP contribution in [0.3, 0.4) is 0 Å². The van der Waals surface area contributed by atoms with Crippen molar-refractivity contribution in [3.8, 4) is 0 Å². The van der Waals surface area contributed by atoms with Crippen molar-refractivity contribution in [2.45, 2.75) is 32.8 Å². The number of nitrogens with zero attached hydrogens (tertiary/aromatic N) is 2. The number of hydrogen-bond acceptors (Lipinski definition) is 5. The highest BCUT2D eigenvalue weighted by Gasteiger charge is 2.24. The normalized spacial score (nSPS) is 16.9. The van der Waals surface area contributed by atoms with Crippen LogP contribution in [0.2, 0.25) is 0 Å². The summed E-state index contributed by atoms with van der Waals surface area (Å²) in [5.41, 5.74) is 4.49. The van der Waals surface area contributed by atoms with Crippen molar-refractivity contribution in [3.05, 3.63) is 0 Å². The highest BCUT2D eigenvalue weighted by atomic mass is 16.4. The van der Waals surface area contributed by atoms with Crippen LogP contribution < -0.4 is 11.1 Å². The molecule has 5 N–H and O–H groups in total. The third-order valence-corrected chi connectivity index (χ3v) is 2.89. The number of nitrogens with one attached hydrogen (secondary N) is 1. The maximum atomic E-state index is 10.1. The van der Waals surface area contributed by atoms with Crippen LogP contribution in [0.5, 0.6) is 0 Å². The van der Waals surface area contributed by atoms with Gasteiger partial charge in [-0.05, 0) is 34.0 Å². The van der Waals surface area contributed by atoms with Crippen LogP contribution in [0.4, 0.5) is 0 Å². The molecule has 0 bridgehead atoms. The number of oxime groups is 1. The van der Waals surface area contributed by atoms with Crippen molar-refractivity contribution in [2.24, 2.45) is 16.3 Å². The molecule has 0 aliphatic carbocycles. The van der Waals surface area contributed by atoms with Crippen molar-refractivity contribution in [3.63, 3.8) is 0 Å². The molecule has 0 aliphatic heterocycles. The summed E-state index contributed by atoms with van der Waals surface area (Å²) in [5.74, 6) is 0.226. The second kappa shape index (κ2) is 6.92. The van der Waals surface area contributed by atoms with E-state index < -0.39 is 5.60 Å². The molecule has 0 radical (unpaired) electrons. The first-order valence-corrected chi connectivity index (χ1v) is 6.16. The molecular weight excluding hydrogens is 232 g/mol. The minimum absolute atomic E-state index is 0.226. The van der Waals surface area contributed by atoms with Crippen molar-refractivity contribution < 1.29 is 10.3 Å². The van der Waals surface area contributed by atoms with E-state index in [9.17, 15) is 5.11 Å². The summed E-state index contributed by atoms with van der Waals surface area (Å²) in [6, 6.07) is 0. The van der Waals surface area contributed by atoms with Crippen molar-refractivity contribution in [1.82, 2.24) is 10.2 Å². The Labute approximate surface area is 110 Å². The fraction of sp³-hybridized carbons (Fsp3) is 0.917. The molecule has 0 aromatic heterocycles. The van der Waals surface area contributed by atoms with Crippen molar-refractivity contribution in [1.29, 1.82) is 0 Å².